The van der Waals surface area contributed by atoms with Crippen LogP contribution in [0.15, 0.2) is 12.1 Å². The van der Waals surface area contributed by atoms with Gasteiger partial charge >= 0.3 is 0 Å². The molecule has 0 aliphatic heterocycles. The van der Waals surface area contributed by atoms with Crippen LogP contribution in [-0.2, 0) is 6.42 Å². The summed E-state index contributed by atoms with van der Waals surface area (Å²) in [7, 11) is 1.57. The molecule has 0 aliphatic carbocycles. The second kappa shape index (κ2) is 4.17. The number of rotatable bonds is 3. The van der Waals surface area contributed by atoms with Gasteiger partial charge in [-0.25, -0.2) is 0 Å². The van der Waals surface area contributed by atoms with Gasteiger partial charge in [0.15, 0.2) is 11.5 Å². The molecule has 0 unspecified atom stereocenters. The average molecular weight is 180 g/mol. The number of aromatic hydroxyl groups is 1. The van der Waals surface area contributed by atoms with Gasteiger partial charge < -0.3 is 9.84 Å². The Morgan fingerprint density at radius 1 is 1.38 bits per heavy atom. The Balaban J connectivity index is 3.06. The van der Waals surface area contributed by atoms with Crippen LogP contribution in [0.1, 0.15) is 24.5 Å². The summed E-state index contributed by atoms with van der Waals surface area (Å²) in [6, 6.07) is 3.90. The van der Waals surface area contributed by atoms with Gasteiger partial charge in [0.1, 0.15) is 0 Å². The van der Waals surface area contributed by atoms with Gasteiger partial charge in [0, 0.05) is 0 Å². The van der Waals surface area contributed by atoms with Gasteiger partial charge in [0.05, 0.1) is 7.11 Å². The molecule has 0 heterocycles. The summed E-state index contributed by atoms with van der Waals surface area (Å²) in [5.41, 5.74) is 2.09. The highest BCUT2D eigenvalue weighted by Crippen LogP contribution is 2.30. The van der Waals surface area contributed by atoms with Crippen LogP contribution in [0.3, 0.4) is 0 Å². The fourth-order valence-electron chi connectivity index (χ4n) is 1.41. The molecular formula is C11H16O2. The summed E-state index contributed by atoms with van der Waals surface area (Å²) >= 11 is 0. The first-order valence-corrected chi connectivity index (χ1v) is 4.55. The van der Waals surface area contributed by atoms with E-state index in [9.17, 15) is 5.11 Å². The Labute approximate surface area is 79.2 Å². The molecule has 0 bridgehead atoms. The van der Waals surface area contributed by atoms with Crippen molar-refractivity contribution in [1.82, 2.24) is 0 Å². The van der Waals surface area contributed by atoms with Crippen molar-refractivity contribution in [1.29, 1.82) is 0 Å². The van der Waals surface area contributed by atoms with Crippen LogP contribution in [0.2, 0.25) is 0 Å². The van der Waals surface area contributed by atoms with Crippen LogP contribution < -0.4 is 4.74 Å². The maximum absolute atomic E-state index is 9.57. The number of methoxy groups -OCH3 is 1. The van der Waals surface area contributed by atoms with Gasteiger partial charge in [-0.1, -0.05) is 19.4 Å². The minimum atomic E-state index is 0.252. The summed E-state index contributed by atoms with van der Waals surface area (Å²) in [4.78, 5) is 0. The van der Waals surface area contributed by atoms with Crippen LogP contribution in [0.4, 0.5) is 0 Å². The summed E-state index contributed by atoms with van der Waals surface area (Å²) in [6.07, 6.45) is 2.13. The number of hydrogen-bond donors (Lipinski definition) is 1. The molecule has 1 aromatic carbocycles. The molecule has 0 saturated carbocycles. The lowest BCUT2D eigenvalue weighted by Gasteiger charge is -2.08. The highest BCUT2D eigenvalue weighted by molar-refractivity contribution is 5.47. The molecule has 72 valence electrons. The molecule has 2 heteroatoms. The Kier molecular flexibility index (Phi) is 3.18. The van der Waals surface area contributed by atoms with E-state index in [1.54, 1.807) is 7.11 Å². The van der Waals surface area contributed by atoms with Gasteiger partial charge in [-0.3, -0.25) is 0 Å². The Bertz CT molecular complexity index is 292. The van der Waals surface area contributed by atoms with E-state index in [1.807, 2.05) is 19.1 Å². The zero-order valence-electron chi connectivity index (χ0n) is 8.42. The Hall–Kier alpha value is -1.18. The Morgan fingerprint density at radius 3 is 2.62 bits per heavy atom. The number of aryl methyl sites for hydroxylation is 2. The first-order chi connectivity index (χ1) is 6.19. The zero-order valence-corrected chi connectivity index (χ0v) is 8.42. The largest absolute Gasteiger partial charge is 0.504 e. The lowest BCUT2D eigenvalue weighted by atomic mass is 10.1. The molecule has 1 aromatic rings. The molecule has 2 nitrogen and oxygen atoms in total. The maximum Gasteiger partial charge on any atom is 0.161 e. The Morgan fingerprint density at radius 2 is 2.08 bits per heavy atom. The van der Waals surface area contributed by atoms with Crippen molar-refractivity contribution in [3.8, 4) is 11.5 Å². The molecule has 0 aromatic heterocycles. The normalized spacial score (nSPS) is 10.1. The van der Waals surface area contributed by atoms with Crippen LogP contribution in [0.25, 0.3) is 0 Å². The second-order valence-electron chi connectivity index (χ2n) is 3.21. The molecule has 0 spiro atoms. The number of hydrogen-bond acceptors (Lipinski definition) is 2. The maximum atomic E-state index is 9.57. The summed E-state index contributed by atoms with van der Waals surface area (Å²) < 4.78 is 5.06. The van der Waals surface area contributed by atoms with Crippen molar-refractivity contribution in [3.05, 3.63) is 23.3 Å². The first kappa shape index (κ1) is 9.90. The molecule has 0 atom stereocenters. The number of ether oxygens (including phenoxy) is 1. The van der Waals surface area contributed by atoms with Crippen molar-refractivity contribution in [2.24, 2.45) is 0 Å². The highest BCUT2D eigenvalue weighted by atomic mass is 16.5. The molecule has 0 aliphatic rings. The van der Waals surface area contributed by atoms with E-state index in [0.29, 0.717) is 5.75 Å². The van der Waals surface area contributed by atoms with E-state index in [4.69, 9.17) is 4.74 Å². The molecule has 0 amide bonds. The molecular weight excluding hydrogens is 164 g/mol. The fraction of sp³-hybridized carbons (Fsp3) is 0.455. The number of phenolic OH excluding ortho intramolecular Hbond substituents is 1. The lowest BCUT2D eigenvalue weighted by molar-refractivity contribution is 0.371. The standard InChI is InChI=1S/C11H16O2/c1-4-5-9-6-8(2)11(12)10(7-9)13-3/h6-7,12H,4-5H2,1-3H3. The third-order valence-electron chi connectivity index (χ3n) is 2.08. The molecule has 0 fully saturated rings. The summed E-state index contributed by atoms with van der Waals surface area (Å²) in [5, 5.41) is 9.57. The molecule has 13 heavy (non-hydrogen) atoms. The van der Waals surface area contributed by atoms with Gasteiger partial charge in [-0.05, 0) is 30.5 Å². The summed E-state index contributed by atoms with van der Waals surface area (Å²) in [5.74, 6) is 0.825. The third-order valence-corrected chi connectivity index (χ3v) is 2.08. The third kappa shape index (κ3) is 2.14. The van der Waals surface area contributed by atoms with Crippen molar-refractivity contribution in [2.45, 2.75) is 26.7 Å². The van der Waals surface area contributed by atoms with Crippen molar-refractivity contribution in [3.63, 3.8) is 0 Å². The van der Waals surface area contributed by atoms with Crippen LogP contribution in [-0.4, -0.2) is 12.2 Å². The van der Waals surface area contributed by atoms with Crippen LogP contribution in [0.5, 0.6) is 11.5 Å². The van der Waals surface area contributed by atoms with Crippen molar-refractivity contribution in [2.75, 3.05) is 7.11 Å². The summed E-state index contributed by atoms with van der Waals surface area (Å²) in [6.45, 7) is 4.02. The smallest absolute Gasteiger partial charge is 0.161 e. The fourth-order valence-corrected chi connectivity index (χ4v) is 1.41. The molecule has 0 radical (unpaired) electrons. The van der Waals surface area contributed by atoms with Crippen LogP contribution >= 0.6 is 0 Å². The monoisotopic (exact) mass is 180 g/mol. The topological polar surface area (TPSA) is 29.5 Å². The lowest BCUT2D eigenvalue weighted by Crippen LogP contribution is -1.90. The minimum Gasteiger partial charge on any atom is -0.504 e. The molecule has 1 rings (SSSR count). The van der Waals surface area contributed by atoms with E-state index < -0.39 is 0 Å². The van der Waals surface area contributed by atoms with Gasteiger partial charge in [0.2, 0.25) is 0 Å². The number of phenols is 1. The van der Waals surface area contributed by atoms with E-state index in [0.717, 1.165) is 18.4 Å². The van der Waals surface area contributed by atoms with E-state index in [-0.39, 0.29) is 5.75 Å². The predicted octanol–water partition coefficient (Wildman–Crippen LogP) is 2.66. The highest BCUT2D eigenvalue weighted by Gasteiger charge is 2.06. The molecule has 1 N–H and O–H groups in total. The second-order valence-corrected chi connectivity index (χ2v) is 3.21. The van der Waals surface area contributed by atoms with E-state index in [1.165, 1.54) is 5.56 Å². The zero-order chi connectivity index (χ0) is 9.84. The average Bonchev–Trinajstić information content (AvgIpc) is 2.11. The van der Waals surface area contributed by atoms with Crippen LogP contribution in [0, 0.1) is 6.92 Å². The first-order valence-electron chi connectivity index (χ1n) is 4.55. The SMILES string of the molecule is CCCc1cc(C)c(O)c(OC)c1. The van der Waals surface area contributed by atoms with E-state index in [2.05, 4.69) is 6.92 Å². The predicted molar refractivity (Wildman–Crippen MR) is 53.4 cm³/mol. The van der Waals surface area contributed by atoms with E-state index >= 15 is 0 Å². The molecule has 0 saturated heterocycles. The van der Waals surface area contributed by atoms with Crippen molar-refractivity contribution < 1.29 is 9.84 Å². The quantitative estimate of drug-likeness (QED) is 0.774. The van der Waals surface area contributed by atoms with Gasteiger partial charge in [-0.15, -0.1) is 0 Å². The van der Waals surface area contributed by atoms with Gasteiger partial charge in [0.25, 0.3) is 0 Å². The minimum absolute atomic E-state index is 0.252. The van der Waals surface area contributed by atoms with Crippen molar-refractivity contribution >= 4 is 0 Å². The van der Waals surface area contributed by atoms with Gasteiger partial charge in [-0.2, -0.15) is 0 Å². The number of benzene rings is 1.